The van der Waals surface area contributed by atoms with Crippen LogP contribution < -0.4 is 5.32 Å². The quantitative estimate of drug-likeness (QED) is 0.913. The zero-order valence-corrected chi connectivity index (χ0v) is 14.9. The SMILES string of the molecule is CC1(C2CCN(C(=O)NC[C@H]3C[C@@H]3c3ccccc3)CC2)OCCO1. The first-order valence-corrected chi connectivity index (χ1v) is 9.51. The van der Waals surface area contributed by atoms with Crippen molar-refractivity contribution in [2.45, 2.75) is 37.9 Å². The van der Waals surface area contributed by atoms with Gasteiger partial charge < -0.3 is 19.7 Å². The first kappa shape index (κ1) is 16.9. The summed E-state index contributed by atoms with van der Waals surface area (Å²) in [5.41, 5.74) is 1.40. The van der Waals surface area contributed by atoms with E-state index >= 15 is 0 Å². The lowest BCUT2D eigenvalue weighted by molar-refractivity contribution is -0.189. The summed E-state index contributed by atoms with van der Waals surface area (Å²) in [7, 11) is 0. The first-order chi connectivity index (χ1) is 12.2. The van der Waals surface area contributed by atoms with Crippen LogP contribution in [0.15, 0.2) is 30.3 Å². The Morgan fingerprint density at radius 1 is 1.20 bits per heavy atom. The molecule has 0 spiro atoms. The van der Waals surface area contributed by atoms with Gasteiger partial charge in [-0.25, -0.2) is 4.79 Å². The fourth-order valence-corrected chi connectivity index (χ4v) is 4.28. The van der Waals surface area contributed by atoms with Gasteiger partial charge in [0, 0.05) is 25.6 Å². The summed E-state index contributed by atoms with van der Waals surface area (Å²) in [4.78, 5) is 14.4. The topological polar surface area (TPSA) is 50.8 Å². The van der Waals surface area contributed by atoms with Crippen LogP contribution in [0.1, 0.15) is 37.7 Å². The number of carbonyl (C=O) groups is 1. The maximum atomic E-state index is 12.4. The van der Waals surface area contributed by atoms with E-state index < -0.39 is 5.79 Å². The molecular formula is C20H28N2O3. The van der Waals surface area contributed by atoms with Crippen LogP contribution in [0, 0.1) is 11.8 Å². The number of piperidine rings is 1. The Labute approximate surface area is 149 Å². The second-order valence-corrected chi connectivity index (χ2v) is 7.67. The molecular weight excluding hydrogens is 316 g/mol. The van der Waals surface area contributed by atoms with Gasteiger partial charge in [0.05, 0.1) is 13.2 Å². The number of hydrogen-bond acceptors (Lipinski definition) is 3. The summed E-state index contributed by atoms with van der Waals surface area (Å²) in [5, 5.41) is 3.13. The minimum atomic E-state index is -0.445. The predicted octanol–water partition coefficient (Wildman–Crippen LogP) is 2.97. The highest BCUT2D eigenvalue weighted by molar-refractivity contribution is 5.74. The van der Waals surface area contributed by atoms with Crippen molar-refractivity contribution >= 4 is 6.03 Å². The van der Waals surface area contributed by atoms with Crippen LogP contribution in [0.25, 0.3) is 0 Å². The zero-order valence-electron chi connectivity index (χ0n) is 14.9. The molecule has 2 aliphatic heterocycles. The standard InChI is InChI=1S/C20H28N2O3/c1-20(24-11-12-25-20)17-7-9-22(10-8-17)19(23)21-14-16-13-18(16)15-5-3-2-4-6-15/h2-6,16-18H,7-14H2,1H3,(H,21,23)/t16-,18-/m1/s1. The highest BCUT2D eigenvalue weighted by atomic mass is 16.7. The number of urea groups is 1. The van der Waals surface area contributed by atoms with E-state index in [1.165, 1.54) is 12.0 Å². The predicted molar refractivity (Wildman–Crippen MR) is 95.3 cm³/mol. The summed E-state index contributed by atoms with van der Waals surface area (Å²) in [6.07, 6.45) is 3.07. The molecule has 1 aromatic rings. The van der Waals surface area contributed by atoms with E-state index in [1.807, 2.05) is 17.9 Å². The number of benzene rings is 1. The third-order valence-corrected chi connectivity index (χ3v) is 6.05. The van der Waals surface area contributed by atoms with Gasteiger partial charge in [-0.15, -0.1) is 0 Å². The third-order valence-electron chi connectivity index (χ3n) is 6.05. The van der Waals surface area contributed by atoms with Gasteiger partial charge in [0.2, 0.25) is 0 Å². The Morgan fingerprint density at radius 2 is 1.88 bits per heavy atom. The van der Waals surface area contributed by atoms with E-state index in [2.05, 4.69) is 29.6 Å². The van der Waals surface area contributed by atoms with Gasteiger partial charge in [-0.2, -0.15) is 0 Å². The lowest BCUT2D eigenvalue weighted by Gasteiger charge is -2.39. The number of carbonyl (C=O) groups excluding carboxylic acids is 1. The fraction of sp³-hybridized carbons (Fsp3) is 0.650. The Morgan fingerprint density at radius 3 is 2.56 bits per heavy atom. The smallest absolute Gasteiger partial charge is 0.317 e. The second kappa shape index (κ2) is 6.96. The Balaban J connectivity index is 1.20. The molecule has 1 saturated carbocycles. The molecule has 1 N–H and O–H groups in total. The van der Waals surface area contributed by atoms with E-state index in [1.54, 1.807) is 0 Å². The highest BCUT2D eigenvalue weighted by Crippen LogP contribution is 2.46. The van der Waals surface area contributed by atoms with E-state index in [9.17, 15) is 4.79 Å². The average Bonchev–Trinajstić information content (AvgIpc) is 3.31. The van der Waals surface area contributed by atoms with Crippen molar-refractivity contribution < 1.29 is 14.3 Å². The molecule has 1 aromatic carbocycles. The van der Waals surface area contributed by atoms with Crippen LogP contribution >= 0.6 is 0 Å². The molecule has 2 amide bonds. The number of nitrogens with zero attached hydrogens (tertiary/aromatic N) is 1. The lowest BCUT2D eigenvalue weighted by Crippen LogP contribution is -2.49. The summed E-state index contributed by atoms with van der Waals surface area (Å²) in [5.74, 6) is 1.14. The highest BCUT2D eigenvalue weighted by Gasteiger charge is 2.42. The summed E-state index contributed by atoms with van der Waals surface area (Å²) in [6.45, 7) is 5.75. The van der Waals surface area contributed by atoms with E-state index in [0.29, 0.717) is 31.0 Å². The summed E-state index contributed by atoms with van der Waals surface area (Å²) >= 11 is 0. The van der Waals surface area contributed by atoms with Crippen LogP contribution in [0.5, 0.6) is 0 Å². The van der Waals surface area contributed by atoms with Crippen LogP contribution in [0.2, 0.25) is 0 Å². The maximum absolute atomic E-state index is 12.4. The molecule has 2 heterocycles. The molecule has 0 unspecified atom stereocenters. The van der Waals surface area contributed by atoms with Gasteiger partial charge in [-0.3, -0.25) is 0 Å². The van der Waals surface area contributed by atoms with Crippen molar-refractivity contribution in [3.63, 3.8) is 0 Å². The number of ether oxygens (including phenoxy) is 2. The van der Waals surface area contributed by atoms with Gasteiger partial charge in [-0.05, 0) is 43.6 Å². The molecule has 3 aliphatic rings. The minimum absolute atomic E-state index is 0.0792. The number of likely N-dealkylation sites (tertiary alicyclic amines) is 1. The van der Waals surface area contributed by atoms with Crippen molar-refractivity contribution in [2.75, 3.05) is 32.8 Å². The van der Waals surface area contributed by atoms with E-state index in [4.69, 9.17) is 9.47 Å². The third kappa shape index (κ3) is 3.67. The first-order valence-electron chi connectivity index (χ1n) is 9.51. The summed E-state index contributed by atoms with van der Waals surface area (Å²) in [6, 6.07) is 10.7. The van der Waals surface area contributed by atoms with Crippen LogP contribution in [0.4, 0.5) is 4.79 Å². The minimum Gasteiger partial charge on any atom is -0.348 e. The normalized spacial score (nSPS) is 28.8. The Bertz CT molecular complexity index is 592. The molecule has 0 aromatic heterocycles. The molecule has 25 heavy (non-hydrogen) atoms. The number of nitrogens with one attached hydrogen (secondary N) is 1. The van der Waals surface area contributed by atoms with Crippen molar-refractivity contribution in [3.05, 3.63) is 35.9 Å². The van der Waals surface area contributed by atoms with Crippen molar-refractivity contribution in [1.29, 1.82) is 0 Å². The van der Waals surface area contributed by atoms with Crippen LogP contribution in [-0.2, 0) is 9.47 Å². The van der Waals surface area contributed by atoms with Crippen LogP contribution in [-0.4, -0.2) is 49.6 Å². The number of hydrogen-bond donors (Lipinski definition) is 1. The molecule has 0 radical (unpaired) electrons. The summed E-state index contributed by atoms with van der Waals surface area (Å²) < 4.78 is 11.6. The zero-order chi connectivity index (χ0) is 17.3. The Hall–Kier alpha value is -1.59. The fourth-order valence-electron chi connectivity index (χ4n) is 4.28. The van der Waals surface area contributed by atoms with E-state index in [-0.39, 0.29) is 6.03 Å². The van der Waals surface area contributed by atoms with Crippen molar-refractivity contribution in [2.24, 2.45) is 11.8 Å². The average molecular weight is 344 g/mol. The largest absolute Gasteiger partial charge is 0.348 e. The lowest BCUT2D eigenvalue weighted by atomic mass is 9.89. The molecule has 2 atom stereocenters. The maximum Gasteiger partial charge on any atom is 0.317 e. The van der Waals surface area contributed by atoms with E-state index in [0.717, 1.165) is 32.5 Å². The van der Waals surface area contributed by atoms with Crippen molar-refractivity contribution in [3.8, 4) is 0 Å². The molecule has 5 heteroatoms. The van der Waals surface area contributed by atoms with Gasteiger partial charge in [0.25, 0.3) is 0 Å². The van der Waals surface area contributed by atoms with Gasteiger partial charge >= 0.3 is 6.03 Å². The van der Waals surface area contributed by atoms with Crippen molar-refractivity contribution in [1.82, 2.24) is 10.2 Å². The number of rotatable bonds is 4. The molecule has 1 aliphatic carbocycles. The number of amides is 2. The molecule has 2 saturated heterocycles. The molecule has 5 nitrogen and oxygen atoms in total. The monoisotopic (exact) mass is 344 g/mol. The Kier molecular flexibility index (Phi) is 4.69. The molecule has 4 rings (SSSR count). The van der Waals surface area contributed by atoms with Gasteiger partial charge in [-0.1, -0.05) is 30.3 Å². The molecule has 3 fully saturated rings. The van der Waals surface area contributed by atoms with Crippen LogP contribution in [0.3, 0.4) is 0 Å². The molecule has 136 valence electrons. The van der Waals surface area contributed by atoms with Gasteiger partial charge in [0.15, 0.2) is 5.79 Å². The second-order valence-electron chi connectivity index (χ2n) is 7.67. The molecule has 0 bridgehead atoms. The van der Waals surface area contributed by atoms with Gasteiger partial charge in [0.1, 0.15) is 0 Å².